The third-order valence-electron chi connectivity index (χ3n) is 6.17. The van der Waals surface area contributed by atoms with Crippen LogP contribution in [0.15, 0.2) is 64.6 Å². The first-order valence-electron chi connectivity index (χ1n) is 12.2. The molecule has 1 aliphatic rings. The Bertz CT molecular complexity index is 1450. The number of Topliss-reactive ketones (excluding diaryl/α,β-unsaturated/α-hetero) is 1. The van der Waals surface area contributed by atoms with Gasteiger partial charge in [-0.05, 0) is 61.7 Å². The highest BCUT2D eigenvalue weighted by Crippen LogP contribution is 2.44. The molecule has 1 saturated heterocycles. The second-order valence-electron chi connectivity index (χ2n) is 10.1. The number of aliphatic hydroxyl groups is 1. The van der Waals surface area contributed by atoms with Crippen LogP contribution in [-0.4, -0.2) is 29.8 Å². The number of ether oxygens (including phenoxy) is 2. The minimum Gasteiger partial charge on any atom is -0.507 e. The van der Waals surface area contributed by atoms with Crippen molar-refractivity contribution in [2.45, 2.75) is 52.4 Å². The smallest absolute Gasteiger partial charge is 0.507 e. The number of aryl methyl sites for hydroxylation is 1. The lowest BCUT2D eigenvalue weighted by Gasteiger charge is -2.25. The highest BCUT2D eigenvalue weighted by molar-refractivity contribution is 6.51. The lowest BCUT2D eigenvalue weighted by molar-refractivity contribution is -0.274. The Morgan fingerprint density at radius 3 is 2.36 bits per heavy atom. The number of anilines is 1. The molecule has 1 fully saturated rings. The molecule has 39 heavy (non-hydrogen) atoms. The Labute approximate surface area is 223 Å². The molecule has 1 unspecified atom stereocenters. The van der Waals surface area contributed by atoms with Crippen molar-refractivity contribution in [2.24, 2.45) is 0 Å². The Morgan fingerprint density at radius 1 is 1.05 bits per heavy atom. The standard InChI is InChI=1S/C29H28F3NO6/c1-6-37-21-13-11-17(14-20(21)28(3,4)5)25(34)23-24(22-12-10-16(2)38-22)33(27(36)26(23)35)18-8-7-9-19(15-18)39-29(30,31)32/h7-15,24,34H,6H2,1-5H3/b25-23-. The van der Waals surface area contributed by atoms with Gasteiger partial charge < -0.3 is 19.0 Å². The van der Waals surface area contributed by atoms with E-state index < -0.39 is 35.6 Å². The monoisotopic (exact) mass is 543 g/mol. The van der Waals surface area contributed by atoms with Crippen LogP contribution in [-0.2, 0) is 15.0 Å². The SMILES string of the molecule is CCOc1ccc(/C(O)=C2/C(=O)C(=O)N(c3cccc(OC(F)(F)F)c3)C2c2ccc(C)o2)cc1C(C)(C)C. The molecule has 2 heterocycles. The zero-order chi connectivity index (χ0) is 28.7. The van der Waals surface area contributed by atoms with E-state index in [2.05, 4.69) is 4.74 Å². The second kappa shape index (κ2) is 10.2. The van der Waals surface area contributed by atoms with E-state index in [4.69, 9.17) is 9.15 Å². The number of aliphatic hydroxyl groups excluding tert-OH is 1. The first-order chi connectivity index (χ1) is 18.2. The molecule has 7 nitrogen and oxygen atoms in total. The fourth-order valence-electron chi connectivity index (χ4n) is 4.50. The molecular weight excluding hydrogens is 515 g/mol. The molecule has 1 N–H and O–H groups in total. The largest absolute Gasteiger partial charge is 0.573 e. The van der Waals surface area contributed by atoms with Gasteiger partial charge in [0.2, 0.25) is 0 Å². The summed E-state index contributed by atoms with van der Waals surface area (Å²) in [4.78, 5) is 27.7. The van der Waals surface area contributed by atoms with Gasteiger partial charge in [0.1, 0.15) is 34.8 Å². The number of hydrogen-bond acceptors (Lipinski definition) is 6. The fourth-order valence-corrected chi connectivity index (χ4v) is 4.50. The van der Waals surface area contributed by atoms with Crippen LogP contribution in [0.2, 0.25) is 0 Å². The van der Waals surface area contributed by atoms with E-state index in [1.807, 2.05) is 27.7 Å². The van der Waals surface area contributed by atoms with Gasteiger partial charge in [-0.25, -0.2) is 0 Å². The number of nitrogens with zero attached hydrogens (tertiary/aromatic N) is 1. The number of rotatable bonds is 6. The summed E-state index contributed by atoms with van der Waals surface area (Å²) in [7, 11) is 0. The Morgan fingerprint density at radius 2 is 1.77 bits per heavy atom. The number of halogens is 3. The Hall–Kier alpha value is -4.21. The number of benzene rings is 2. The Balaban J connectivity index is 1.90. The molecule has 0 spiro atoms. The van der Waals surface area contributed by atoms with Crippen LogP contribution in [0.25, 0.3) is 5.76 Å². The van der Waals surface area contributed by atoms with Crippen molar-refractivity contribution in [3.8, 4) is 11.5 Å². The van der Waals surface area contributed by atoms with Gasteiger partial charge in [-0.1, -0.05) is 26.8 Å². The van der Waals surface area contributed by atoms with Crippen LogP contribution in [0.3, 0.4) is 0 Å². The van der Waals surface area contributed by atoms with Crippen molar-refractivity contribution < 1.29 is 41.8 Å². The quantitative estimate of drug-likeness (QED) is 0.209. The number of alkyl halides is 3. The highest BCUT2D eigenvalue weighted by atomic mass is 19.4. The summed E-state index contributed by atoms with van der Waals surface area (Å²) in [6.45, 7) is 9.84. The van der Waals surface area contributed by atoms with Gasteiger partial charge in [0, 0.05) is 22.9 Å². The van der Waals surface area contributed by atoms with E-state index >= 15 is 0 Å². The molecule has 0 saturated carbocycles. The average Bonchev–Trinajstić information content (AvgIpc) is 3.38. The molecule has 1 aromatic heterocycles. The summed E-state index contributed by atoms with van der Waals surface area (Å²) in [6.07, 6.45) is -4.96. The minimum atomic E-state index is -4.96. The summed E-state index contributed by atoms with van der Waals surface area (Å²) in [5.74, 6) is -1.84. The maximum atomic E-state index is 13.4. The number of carbonyl (C=O) groups excluding carboxylic acids is 2. The summed E-state index contributed by atoms with van der Waals surface area (Å²) < 4.78 is 54.1. The molecule has 0 bridgehead atoms. The second-order valence-corrected chi connectivity index (χ2v) is 10.1. The number of amides is 1. The van der Waals surface area contributed by atoms with Gasteiger partial charge in [0.25, 0.3) is 11.7 Å². The molecule has 1 aliphatic heterocycles. The molecule has 2 aromatic carbocycles. The van der Waals surface area contributed by atoms with Crippen molar-refractivity contribution in [2.75, 3.05) is 11.5 Å². The number of furan rings is 1. The number of carbonyl (C=O) groups is 2. The predicted octanol–water partition coefficient (Wildman–Crippen LogP) is 6.81. The van der Waals surface area contributed by atoms with Crippen molar-refractivity contribution in [3.63, 3.8) is 0 Å². The first-order valence-corrected chi connectivity index (χ1v) is 12.2. The zero-order valence-electron chi connectivity index (χ0n) is 22.1. The van der Waals surface area contributed by atoms with Crippen LogP contribution >= 0.6 is 0 Å². The molecule has 10 heteroatoms. The molecule has 0 radical (unpaired) electrons. The normalized spacial score (nSPS) is 17.5. The summed E-state index contributed by atoms with van der Waals surface area (Å²) in [5.41, 5.74) is 0.345. The molecule has 1 amide bonds. The van der Waals surface area contributed by atoms with Crippen molar-refractivity contribution in [1.29, 1.82) is 0 Å². The third-order valence-corrected chi connectivity index (χ3v) is 6.17. The molecule has 0 aliphatic carbocycles. The van der Waals surface area contributed by atoms with Crippen LogP contribution in [0.1, 0.15) is 56.4 Å². The van der Waals surface area contributed by atoms with Gasteiger partial charge in [-0.2, -0.15) is 0 Å². The molecule has 206 valence electrons. The number of ketones is 1. The van der Waals surface area contributed by atoms with Crippen molar-refractivity contribution in [1.82, 2.24) is 0 Å². The van der Waals surface area contributed by atoms with Gasteiger partial charge in [0.15, 0.2) is 0 Å². The van der Waals surface area contributed by atoms with E-state index in [0.29, 0.717) is 18.1 Å². The van der Waals surface area contributed by atoms with E-state index in [-0.39, 0.29) is 28.0 Å². The van der Waals surface area contributed by atoms with E-state index in [0.717, 1.165) is 22.6 Å². The molecule has 1 atom stereocenters. The van der Waals surface area contributed by atoms with Crippen molar-refractivity contribution >= 4 is 23.1 Å². The lowest BCUT2D eigenvalue weighted by atomic mass is 9.84. The third kappa shape index (κ3) is 5.64. The average molecular weight is 544 g/mol. The molecule has 4 rings (SSSR count). The maximum absolute atomic E-state index is 13.4. The van der Waals surface area contributed by atoms with E-state index in [9.17, 15) is 27.9 Å². The van der Waals surface area contributed by atoms with Gasteiger partial charge >= 0.3 is 6.36 Å². The van der Waals surface area contributed by atoms with Crippen LogP contribution < -0.4 is 14.4 Å². The maximum Gasteiger partial charge on any atom is 0.573 e. The lowest BCUT2D eigenvalue weighted by Crippen LogP contribution is -2.29. The molecule has 3 aromatic rings. The zero-order valence-corrected chi connectivity index (χ0v) is 22.1. The van der Waals surface area contributed by atoms with Crippen LogP contribution in [0, 0.1) is 6.92 Å². The van der Waals surface area contributed by atoms with Crippen LogP contribution in [0.4, 0.5) is 18.9 Å². The fraction of sp³-hybridized carbons (Fsp3) is 0.310. The highest BCUT2D eigenvalue weighted by Gasteiger charge is 2.48. The van der Waals surface area contributed by atoms with Gasteiger partial charge in [-0.15, -0.1) is 13.2 Å². The molecular formula is C29H28F3NO6. The van der Waals surface area contributed by atoms with Gasteiger partial charge in [-0.3, -0.25) is 14.5 Å². The predicted molar refractivity (Wildman–Crippen MR) is 138 cm³/mol. The number of hydrogen-bond donors (Lipinski definition) is 1. The first kappa shape index (κ1) is 27.8. The van der Waals surface area contributed by atoms with E-state index in [1.54, 1.807) is 37.3 Å². The summed E-state index contributed by atoms with van der Waals surface area (Å²) in [6, 6.07) is 11.6. The van der Waals surface area contributed by atoms with E-state index in [1.165, 1.54) is 12.1 Å². The topological polar surface area (TPSA) is 89.2 Å². The summed E-state index contributed by atoms with van der Waals surface area (Å²) in [5, 5.41) is 11.5. The Kier molecular flexibility index (Phi) is 7.25. The van der Waals surface area contributed by atoms with Crippen molar-refractivity contribution in [3.05, 3.63) is 82.8 Å². The van der Waals surface area contributed by atoms with Gasteiger partial charge in [0.05, 0.1) is 12.2 Å². The van der Waals surface area contributed by atoms with Crippen LogP contribution in [0.5, 0.6) is 11.5 Å². The minimum absolute atomic E-state index is 0.0426. The summed E-state index contributed by atoms with van der Waals surface area (Å²) >= 11 is 0.